The second-order valence-electron chi connectivity index (χ2n) is 4.62. The Hall–Kier alpha value is -1.19. The molecule has 0 atom stereocenters. The highest BCUT2D eigenvalue weighted by molar-refractivity contribution is 5.86. The number of carbonyl (C=O) groups is 3. The average Bonchev–Trinajstić information content (AvgIpc) is 2.28. The molecule has 0 spiro atoms. The van der Waals surface area contributed by atoms with Gasteiger partial charge in [0.25, 0.3) is 0 Å². The van der Waals surface area contributed by atoms with Crippen LogP contribution < -0.4 is 0 Å². The van der Waals surface area contributed by atoms with Crippen LogP contribution in [-0.2, 0) is 14.4 Å². The Morgan fingerprint density at radius 2 is 1.71 bits per heavy atom. The van der Waals surface area contributed by atoms with E-state index in [2.05, 4.69) is 0 Å². The Kier molecular flexibility index (Phi) is 7.42. The number of hydrogen-bond acceptors (Lipinski definition) is 3. The first kappa shape index (κ1) is 15.8. The maximum Gasteiger partial charge on any atom is 0.222 e. The molecule has 1 amide bonds. The predicted octanol–water partition coefficient (Wildman–Crippen LogP) is 1.82. The van der Waals surface area contributed by atoms with Crippen molar-refractivity contribution in [3.05, 3.63) is 0 Å². The Morgan fingerprint density at radius 1 is 1.12 bits per heavy atom. The highest BCUT2D eigenvalue weighted by atomic mass is 16.2. The van der Waals surface area contributed by atoms with Gasteiger partial charge >= 0.3 is 0 Å². The van der Waals surface area contributed by atoms with Crippen molar-refractivity contribution in [2.45, 2.75) is 46.5 Å². The molecule has 98 valence electrons. The predicted molar refractivity (Wildman–Crippen MR) is 66.6 cm³/mol. The summed E-state index contributed by atoms with van der Waals surface area (Å²) < 4.78 is 0. The van der Waals surface area contributed by atoms with E-state index in [0.29, 0.717) is 25.7 Å². The minimum Gasteiger partial charge on any atom is -0.338 e. The summed E-state index contributed by atoms with van der Waals surface area (Å²) in [6, 6.07) is 0. The van der Waals surface area contributed by atoms with Crippen molar-refractivity contribution >= 4 is 17.5 Å². The number of amides is 1. The van der Waals surface area contributed by atoms with Crippen LogP contribution in [-0.4, -0.2) is 36.0 Å². The summed E-state index contributed by atoms with van der Waals surface area (Å²) in [5.41, 5.74) is 0. The molecule has 0 unspecified atom stereocenters. The molecule has 0 aliphatic rings. The van der Waals surface area contributed by atoms with Crippen LogP contribution >= 0.6 is 0 Å². The van der Waals surface area contributed by atoms with Gasteiger partial charge in [-0.15, -0.1) is 0 Å². The molecular formula is C13H23NO3. The number of nitrogens with zero attached hydrogens (tertiary/aromatic N) is 1. The van der Waals surface area contributed by atoms with E-state index in [1.54, 1.807) is 14.0 Å². The molecule has 0 N–H and O–H groups in total. The normalized spacial score (nSPS) is 10.4. The minimum atomic E-state index is -0.0663. The van der Waals surface area contributed by atoms with Crippen molar-refractivity contribution in [1.82, 2.24) is 4.90 Å². The van der Waals surface area contributed by atoms with E-state index < -0.39 is 0 Å². The van der Waals surface area contributed by atoms with Crippen molar-refractivity contribution in [2.75, 3.05) is 13.6 Å². The van der Waals surface area contributed by atoms with E-state index in [1.807, 2.05) is 13.8 Å². The molecule has 17 heavy (non-hydrogen) atoms. The van der Waals surface area contributed by atoms with Crippen molar-refractivity contribution in [3.8, 4) is 0 Å². The molecule has 0 aromatic carbocycles. The Labute approximate surface area is 103 Å². The summed E-state index contributed by atoms with van der Waals surface area (Å²) in [7, 11) is 1.63. The molecule has 0 fully saturated rings. The molecule has 4 heteroatoms. The average molecular weight is 241 g/mol. The van der Waals surface area contributed by atoms with Gasteiger partial charge in [0.1, 0.15) is 5.78 Å². The summed E-state index contributed by atoms with van der Waals surface area (Å²) in [5.74, 6) is 0.206. The fourth-order valence-corrected chi connectivity index (χ4v) is 1.36. The van der Waals surface area contributed by atoms with Crippen LogP contribution in [0.3, 0.4) is 0 Å². The van der Waals surface area contributed by atoms with Gasteiger partial charge in [-0.1, -0.05) is 20.8 Å². The Morgan fingerprint density at radius 3 is 2.18 bits per heavy atom. The molecule has 0 saturated carbocycles. The van der Waals surface area contributed by atoms with E-state index in [1.165, 1.54) is 4.90 Å². The van der Waals surface area contributed by atoms with Crippen LogP contribution in [0.25, 0.3) is 0 Å². The van der Waals surface area contributed by atoms with Crippen LogP contribution in [0.15, 0.2) is 0 Å². The quantitative estimate of drug-likeness (QED) is 0.651. The van der Waals surface area contributed by atoms with Crippen molar-refractivity contribution in [3.63, 3.8) is 0 Å². The highest BCUT2D eigenvalue weighted by Crippen LogP contribution is 2.05. The third-order valence-corrected chi connectivity index (χ3v) is 2.69. The molecule has 0 aromatic rings. The van der Waals surface area contributed by atoms with E-state index in [0.717, 1.165) is 0 Å². The number of likely N-dealkylation sites (N-methyl/N-ethyl adjacent to an activating group) is 1. The summed E-state index contributed by atoms with van der Waals surface area (Å²) >= 11 is 0. The van der Waals surface area contributed by atoms with Crippen molar-refractivity contribution in [2.24, 2.45) is 5.92 Å². The largest absolute Gasteiger partial charge is 0.338 e. The summed E-state index contributed by atoms with van der Waals surface area (Å²) in [6.07, 6.45) is 1.80. The van der Waals surface area contributed by atoms with Gasteiger partial charge in [0.15, 0.2) is 5.78 Å². The molecule has 4 nitrogen and oxygen atoms in total. The molecule has 0 bridgehead atoms. The van der Waals surface area contributed by atoms with Gasteiger partial charge in [0, 0.05) is 32.2 Å². The second kappa shape index (κ2) is 7.98. The fourth-order valence-electron chi connectivity index (χ4n) is 1.36. The summed E-state index contributed by atoms with van der Waals surface area (Å²) in [5, 5.41) is 0. The maximum atomic E-state index is 11.6. The lowest BCUT2D eigenvalue weighted by molar-refractivity contribution is -0.134. The first-order valence-corrected chi connectivity index (χ1v) is 6.16. The molecule has 0 saturated heterocycles. The topological polar surface area (TPSA) is 54.5 Å². The van der Waals surface area contributed by atoms with Gasteiger partial charge < -0.3 is 4.90 Å². The first-order chi connectivity index (χ1) is 7.88. The number of rotatable bonds is 8. The van der Waals surface area contributed by atoms with Gasteiger partial charge in [-0.2, -0.15) is 0 Å². The maximum absolute atomic E-state index is 11.6. The molecule has 0 aliphatic carbocycles. The van der Waals surface area contributed by atoms with Gasteiger partial charge in [0.2, 0.25) is 5.91 Å². The molecule has 0 rings (SSSR count). The molecule has 0 aliphatic heterocycles. The van der Waals surface area contributed by atoms with Gasteiger partial charge in [-0.25, -0.2) is 0 Å². The summed E-state index contributed by atoms with van der Waals surface area (Å²) in [4.78, 5) is 35.5. The van der Waals surface area contributed by atoms with E-state index in [9.17, 15) is 14.4 Å². The van der Waals surface area contributed by atoms with Crippen LogP contribution in [0.4, 0.5) is 0 Å². The molecule has 0 heterocycles. The molecule has 0 radical (unpaired) electrons. The zero-order chi connectivity index (χ0) is 13.4. The Bertz CT molecular complexity index is 284. The van der Waals surface area contributed by atoms with Crippen LogP contribution in [0.2, 0.25) is 0 Å². The van der Waals surface area contributed by atoms with Gasteiger partial charge in [0.05, 0.1) is 6.54 Å². The lowest BCUT2D eigenvalue weighted by Crippen LogP contribution is -2.31. The lowest BCUT2D eigenvalue weighted by atomic mass is 10.0. The summed E-state index contributed by atoms with van der Waals surface area (Å²) in [6.45, 7) is 5.67. The minimum absolute atomic E-state index is 0.0319. The number of ketones is 2. The van der Waals surface area contributed by atoms with E-state index >= 15 is 0 Å². The smallest absolute Gasteiger partial charge is 0.222 e. The number of hydrogen-bond donors (Lipinski definition) is 0. The molecular weight excluding hydrogens is 218 g/mol. The highest BCUT2D eigenvalue weighted by Gasteiger charge is 2.13. The Balaban J connectivity index is 3.86. The monoisotopic (exact) mass is 241 g/mol. The van der Waals surface area contributed by atoms with Gasteiger partial charge in [-0.05, 0) is 6.42 Å². The van der Waals surface area contributed by atoms with Crippen LogP contribution in [0.1, 0.15) is 46.5 Å². The van der Waals surface area contributed by atoms with Crippen LogP contribution in [0.5, 0.6) is 0 Å². The third kappa shape index (κ3) is 6.87. The van der Waals surface area contributed by atoms with Crippen molar-refractivity contribution < 1.29 is 14.4 Å². The lowest BCUT2D eigenvalue weighted by Gasteiger charge is -2.15. The first-order valence-electron chi connectivity index (χ1n) is 6.16. The van der Waals surface area contributed by atoms with Crippen LogP contribution in [0, 0.1) is 5.92 Å². The standard InChI is InChI=1S/C13H23NO3/c1-5-11(15)9-14(4)13(17)8-6-7-12(16)10(2)3/h10H,5-9H2,1-4H3. The zero-order valence-corrected chi connectivity index (χ0v) is 11.3. The number of Topliss-reactive ketones (excluding diaryl/α,β-unsaturated/α-hetero) is 2. The second-order valence-corrected chi connectivity index (χ2v) is 4.62. The molecule has 0 aromatic heterocycles. The SMILES string of the molecule is CCC(=O)CN(C)C(=O)CCCC(=O)C(C)C. The number of carbonyl (C=O) groups excluding carboxylic acids is 3. The third-order valence-electron chi connectivity index (χ3n) is 2.69. The fraction of sp³-hybridized carbons (Fsp3) is 0.769. The van der Waals surface area contributed by atoms with Crippen molar-refractivity contribution in [1.29, 1.82) is 0 Å². The zero-order valence-electron chi connectivity index (χ0n) is 11.3. The van der Waals surface area contributed by atoms with E-state index in [4.69, 9.17) is 0 Å². The van der Waals surface area contributed by atoms with Gasteiger partial charge in [-0.3, -0.25) is 14.4 Å². The van der Waals surface area contributed by atoms with E-state index in [-0.39, 0.29) is 29.9 Å².